The van der Waals surface area contributed by atoms with Gasteiger partial charge in [-0.1, -0.05) is 0 Å². The van der Waals surface area contributed by atoms with E-state index in [-0.39, 0.29) is 6.61 Å². The van der Waals surface area contributed by atoms with Crippen molar-refractivity contribution in [1.82, 2.24) is 9.78 Å². The van der Waals surface area contributed by atoms with E-state index >= 15 is 0 Å². The third-order valence-corrected chi connectivity index (χ3v) is 1.12. The molecule has 1 heterocycles. The molecule has 0 amide bonds. The lowest BCUT2D eigenvalue weighted by molar-refractivity contribution is 0.110. The minimum atomic E-state index is 0.0537. The van der Waals surface area contributed by atoms with E-state index in [1.54, 1.807) is 10.9 Å². The molecule has 4 nitrogen and oxygen atoms in total. The Balaban J connectivity index is 2.54. The molecule has 4 heteroatoms. The summed E-state index contributed by atoms with van der Waals surface area (Å²) in [6, 6.07) is 0. The first-order valence-corrected chi connectivity index (χ1v) is 2.68. The highest BCUT2D eigenvalue weighted by molar-refractivity contribution is 5.71. The first kappa shape index (κ1) is 6.10. The van der Waals surface area contributed by atoms with Crippen molar-refractivity contribution in [3.8, 4) is 0 Å². The van der Waals surface area contributed by atoms with Crippen LogP contribution < -0.4 is 0 Å². The molecule has 1 aromatic rings. The van der Waals surface area contributed by atoms with Gasteiger partial charge in [0, 0.05) is 6.20 Å². The van der Waals surface area contributed by atoms with E-state index in [0.717, 1.165) is 6.29 Å². The first-order valence-electron chi connectivity index (χ1n) is 2.68. The summed E-state index contributed by atoms with van der Waals surface area (Å²) in [7, 11) is 0. The van der Waals surface area contributed by atoms with Gasteiger partial charge in [0.15, 0.2) is 6.29 Å². The van der Waals surface area contributed by atoms with Gasteiger partial charge in [-0.25, -0.2) is 0 Å². The molecule has 0 spiro atoms. The van der Waals surface area contributed by atoms with Gasteiger partial charge in [0.25, 0.3) is 0 Å². The fourth-order valence-corrected chi connectivity index (χ4v) is 0.622. The zero-order chi connectivity index (χ0) is 6.69. The summed E-state index contributed by atoms with van der Waals surface area (Å²) in [6.45, 7) is 0.517. The van der Waals surface area contributed by atoms with Gasteiger partial charge in [-0.05, 0) is 0 Å². The van der Waals surface area contributed by atoms with Crippen LogP contribution in [-0.2, 0) is 6.54 Å². The number of hydrogen-bond donors (Lipinski definition) is 2. The summed E-state index contributed by atoms with van der Waals surface area (Å²) in [4.78, 5) is 10.0. The summed E-state index contributed by atoms with van der Waals surface area (Å²) in [5.74, 6) is 0. The molecule has 50 valence electrons. The van der Waals surface area contributed by atoms with Crippen LogP contribution in [0.1, 0.15) is 10.5 Å². The number of carbonyl (C=O) groups excluding carboxylic acids is 1. The highest BCUT2D eigenvalue weighted by Crippen LogP contribution is 1.93. The molecule has 0 aliphatic heterocycles. The number of nitrogens with one attached hydrogen (secondary N) is 1. The predicted octanol–water partition coefficient (Wildman–Crippen LogP) is -0.379. The van der Waals surface area contributed by atoms with Crippen LogP contribution >= 0.6 is 0 Å². The average Bonchev–Trinajstić information content (AvgIpc) is 1.82. The molecule has 0 radical (unpaired) electrons. The minimum Gasteiger partial charge on any atom is -0.394 e. The molecule has 0 fully saturated rings. The van der Waals surface area contributed by atoms with Crippen LogP contribution in [0.2, 0.25) is 0 Å². The van der Waals surface area contributed by atoms with E-state index in [2.05, 4.69) is 5.10 Å². The smallest absolute Gasteiger partial charge is 0.169 e. The highest BCUT2D eigenvalue weighted by Gasteiger charge is 1.98. The van der Waals surface area contributed by atoms with Crippen molar-refractivity contribution in [3.05, 3.63) is 11.9 Å². The van der Waals surface area contributed by atoms with Gasteiger partial charge in [0.05, 0.1) is 13.2 Å². The van der Waals surface area contributed by atoms with Crippen LogP contribution in [0.25, 0.3) is 0 Å². The van der Waals surface area contributed by atoms with Gasteiger partial charge in [0.1, 0.15) is 5.69 Å². The zero-order valence-electron chi connectivity index (χ0n) is 4.87. The van der Waals surface area contributed by atoms with Gasteiger partial charge < -0.3 is 10.2 Å². The second-order valence-electron chi connectivity index (χ2n) is 1.69. The Labute approximate surface area is 52.1 Å². The molecule has 0 aromatic carbocycles. The van der Waals surface area contributed by atoms with Crippen LogP contribution in [0.15, 0.2) is 6.20 Å². The summed E-state index contributed by atoms with van der Waals surface area (Å²) < 4.78 is 1.58. The standard InChI is InChI=1S/C5H8N2O2/c8-2-1-7-5(4-9)3-6-7/h3-4,6,8H,1-2H2. The number of aliphatic hydroxyl groups excluding tert-OH is 1. The fraction of sp³-hybridized carbons (Fsp3) is 0.400. The summed E-state index contributed by atoms with van der Waals surface area (Å²) >= 11 is 0. The van der Waals surface area contributed by atoms with Gasteiger partial charge in [-0.3, -0.25) is 9.48 Å². The van der Waals surface area contributed by atoms with E-state index in [9.17, 15) is 4.79 Å². The third kappa shape index (κ3) is 1.02. The molecule has 0 bridgehead atoms. The fourth-order valence-electron chi connectivity index (χ4n) is 0.622. The van der Waals surface area contributed by atoms with Crippen LogP contribution in [-0.4, -0.2) is 27.8 Å². The molecule has 0 saturated heterocycles. The number of nitrogens with zero attached hydrogens (tertiary/aromatic N) is 1. The maximum atomic E-state index is 10.0. The molecular formula is C5H8N2O2. The van der Waals surface area contributed by atoms with Crippen molar-refractivity contribution in [2.45, 2.75) is 6.54 Å². The number of aldehydes is 1. The lowest BCUT2D eigenvalue weighted by Gasteiger charge is -2.10. The molecule has 9 heavy (non-hydrogen) atoms. The second-order valence-corrected chi connectivity index (χ2v) is 1.69. The van der Waals surface area contributed by atoms with Gasteiger partial charge in [0.2, 0.25) is 0 Å². The number of aromatic amines is 1. The Morgan fingerprint density at radius 1 is 1.89 bits per heavy atom. The van der Waals surface area contributed by atoms with Crippen LogP contribution in [0, 0.1) is 0 Å². The van der Waals surface area contributed by atoms with Gasteiger partial charge in [-0.2, -0.15) is 0 Å². The average molecular weight is 128 g/mol. The Morgan fingerprint density at radius 3 is 3.00 bits per heavy atom. The summed E-state index contributed by atoms with van der Waals surface area (Å²) in [6.07, 6.45) is 2.33. The topological polar surface area (TPSA) is 58.0 Å². The van der Waals surface area contributed by atoms with Crippen LogP contribution in [0.4, 0.5) is 0 Å². The van der Waals surface area contributed by atoms with E-state index in [4.69, 9.17) is 5.11 Å². The van der Waals surface area contributed by atoms with Crippen molar-refractivity contribution in [2.75, 3.05) is 6.61 Å². The van der Waals surface area contributed by atoms with E-state index in [0.29, 0.717) is 12.2 Å². The molecule has 1 aromatic heterocycles. The van der Waals surface area contributed by atoms with Gasteiger partial charge in [-0.15, -0.1) is 0 Å². The van der Waals surface area contributed by atoms with Crippen LogP contribution in [0.3, 0.4) is 0 Å². The molecule has 0 unspecified atom stereocenters. The Bertz CT molecular complexity index is 189. The lowest BCUT2D eigenvalue weighted by Crippen LogP contribution is -2.16. The first-order chi connectivity index (χ1) is 4.38. The number of hydrogen-bond acceptors (Lipinski definition) is 2. The van der Waals surface area contributed by atoms with Crippen molar-refractivity contribution in [1.29, 1.82) is 0 Å². The van der Waals surface area contributed by atoms with Crippen molar-refractivity contribution in [2.24, 2.45) is 0 Å². The van der Waals surface area contributed by atoms with Crippen molar-refractivity contribution >= 4 is 6.29 Å². The molecule has 0 atom stereocenters. The van der Waals surface area contributed by atoms with Crippen molar-refractivity contribution < 1.29 is 9.90 Å². The molecule has 1 rings (SSSR count). The molecule has 0 aliphatic rings. The second kappa shape index (κ2) is 2.50. The number of aromatic nitrogens is 2. The Morgan fingerprint density at radius 2 is 2.67 bits per heavy atom. The molecular weight excluding hydrogens is 120 g/mol. The molecule has 2 N–H and O–H groups in total. The summed E-state index contributed by atoms with van der Waals surface area (Å²) in [5.41, 5.74) is 0.587. The molecule has 0 aliphatic carbocycles. The number of carbonyl (C=O) groups is 1. The Kier molecular flexibility index (Phi) is 1.69. The van der Waals surface area contributed by atoms with E-state index < -0.39 is 0 Å². The van der Waals surface area contributed by atoms with Crippen LogP contribution in [0.5, 0.6) is 0 Å². The number of H-pyrrole nitrogens is 1. The third-order valence-electron chi connectivity index (χ3n) is 1.12. The van der Waals surface area contributed by atoms with E-state index in [1.165, 1.54) is 0 Å². The SMILES string of the molecule is O=Cc1c[nH]n1CCO. The largest absolute Gasteiger partial charge is 0.394 e. The van der Waals surface area contributed by atoms with Gasteiger partial charge >= 0.3 is 0 Å². The number of rotatable bonds is 3. The van der Waals surface area contributed by atoms with Crippen molar-refractivity contribution in [3.63, 3.8) is 0 Å². The maximum absolute atomic E-state index is 10.0. The van der Waals surface area contributed by atoms with E-state index in [1.807, 2.05) is 0 Å². The lowest BCUT2D eigenvalue weighted by atomic mass is 10.4. The summed E-state index contributed by atoms with van der Waals surface area (Å²) in [5, 5.41) is 11.1. The predicted molar refractivity (Wildman–Crippen MR) is 31.3 cm³/mol. The normalized spacial score (nSPS) is 9.89. The highest BCUT2D eigenvalue weighted by atomic mass is 16.3. The Hall–Kier alpha value is -1.03. The number of aliphatic hydroxyl groups is 1. The maximum Gasteiger partial charge on any atom is 0.169 e. The monoisotopic (exact) mass is 128 g/mol. The minimum absolute atomic E-state index is 0.0537. The quantitative estimate of drug-likeness (QED) is 0.545. The molecule has 0 saturated carbocycles. The zero-order valence-corrected chi connectivity index (χ0v) is 4.87.